The lowest BCUT2D eigenvalue weighted by Gasteiger charge is -2.03. The number of benzene rings is 1. The van der Waals surface area contributed by atoms with Crippen molar-refractivity contribution in [3.05, 3.63) is 29.5 Å². The number of rotatable bonds is 3. The minimum absolute atomic E-state index is 0.176. The largest absolute Gasteiger partial charge is 0.396 e. The summed E-state index contributed by atoms with van der Waals surface area (Å²) >= 11 is 0. The quantitative estimate of drug-likeness (QED) is 0.829. The van der Waals surface area contributed by atoms with Crippen LogP contribution in [0.1, 0.15) is 18.2 Å². The van der Waals surface area contributed by atoms with Crippen molar-refractivity contribution in [3.8, 4) is 0 Å². The predicted molar refractivity (Wildman–Crippen MR) is 60.9 cm³/mol. The Morgan fingerprint density at radius 3 is 2.87 bits per heavy atom. The molecule has 0 spiro atoms. The van der Waals surface area contributed by atoms with E-state index in [1.165, 1.54) is 10.9 Å². The Hall–Kier alpha value is -1.35. The van der Waals surface area contributed by atoms with Crippen LogP contribution in [0.5, 0.6) is 0 Å². The number of nitrogens with zero attached hydrogens (tertiary/aromatic N) is 2. The fraction of sp³-hybridized carbons (Fsp3) is 0.417. The lowest BCUT2D eigenvalue weighted by Crippen LogP contribution is -2.04. The van der Waals surface area contributed by atoms with E-state index in [4.69, 9.17) is 5.11 Å². The van der Waals surface area contributed by atoms with Crippen molar-refractivity contribution in [2.24, 2.45) is 0 Å². The van der Waals surface area contributed by atoms with Crippen molar-refractivity contribution < 1.29 is 5.11 Å². The number of hydrogen-bond donors (Lipinski definition) is 1. The SMILES string of the molecule is CCn1nc2cccc(C)c2c1CCO. The van der Waals surface area contributed by atoms with Crippen molar-refractivity contribution in [1.82, 2.24) is 9.78 Å². The van der Waals surface area contributed by atoms with Gasteiger partial charge in [0.25, 0.3) is 0 Å². The Kier molecular flexibility index (Phi) is 2.73. The smallest absolute Gasteiger partial charge is 0.0928 e. The number of aliphatic hydroxyl groups excluding tert-OH is 1. The van der Waals surface area contributed by atoms with Crippen LogP contribution < -0.4 is 0 Å². The normalized spacial score (nSPS) is 11.1. The van der Waals surface area contributed by atoms with Gasteiger partial charge in [0, 0.05) is 30.7 Å². The molecule has 0 amide bonds. The zero-order valence-corrected chi connectivity index (χ0v) is 9.20. The van der Waals surface area contributed by atoms with Crippen LogP contribution in [0.3, 0.4) is 0 Å². The summed E-state index contributed by atoms with van der Waals surface area (Å²) in [7, 11) is 0. The fourth-order valence-electron chi connectivity index (χ4n) is 2.05. The highest BCUT2D eigenvalue weighted by Gasteiger charge is 2.10. The number of aryl methyl sites for hydroxylation is 2. The van der Waals surface area contributed by atoms with Crippen molar-refractivity contribution in [2.45, 2.75) is 26.8 Å². The molecule has 0 atom stereocenters. The fourth-order valence-corrected chi connectivity index (χ4v) is 2.05. The maximum atomic E-state index is 9.07. The molecule has 0 saturated carbocycles. The Labute approximate surface area is 89.3 Å². The van der Waals surface area contributed by atoms with Crippen LogP contribution in [-0.4, -0.2) is 21.5 Å². The standard InChI is InChI=1S/C12H16N2O/c1-3-14-11(7-8-15)12-9(2)5-4-6-10(12)13-14/h4-6,15H,3,7-8H2,1-2H3. The van der Waals surface area contributed by atoms with E-state index in [1.807, 2.05) is 16.8 Å². The second-order valence-electron chi connectivity index (χ2n) is 3.71. The van der Waals surface area contributed by atoms with E-state index in [2.05, 4.69) is 25.0 Å². The maximum absolute atomic E-state index is 9.07. The molecule has 3 heteroatoms. The van der Waals surface area contributed by atoms with Gasteiger partial charge in [-0.15, -0.1) is 0 Å². The van der Waals surface area contributed by atoms with Gasteiger partial charge < -0.3 is 5.11 Å². The van der Waals surface area contributed by atoms with Crippen molar-refractivity contribution in [1.29, 1.82) is 0 Å². The molecule has 1 aromatic heterocycles. The first kappa shape index (κ1) is 10.2. The first-order chi connectivity index (χ1) is 7.27. The summed E-state index contributed by atoms with van der Waals surface area (Å²) in [4.78, 5) is 0. The molecular weight excluding hydrogens is 188 g/mol. The highest BCUT2D eigenvalue weighted by molar-refractivity contribution is 5.85. The maximum Gasteiger partial charge on any atom is 0.0928 e. The molecule has 0 aliphatic rings. The molecule has 0 aliphatic heterocycles. The van der Waals surface area contributed by atoms with Gasteiger partial charge in [-0.25, -0.2) is 0 Å². The van der Waals surface area contributed by atoms with Crippen LogP contribution in [-0.2, 0) is 13.0 Å². The predicted octanol–water partition coefficient (Wildman–Crippen LogP) is 1.90. The van der Waals surface area contributed by atoms with E-state index in [1.54, 1.807) is 0 Å². The van der Waals surface area contributed by atoms with Crippen molar-refractivity contribution in [2.75, 3.05) is 6.61 Å². The summed E-state index contributed by atoms with van der Waals surface area (Å²) in [5.41, 5.74) is 3.41. The molecule has 2 aromatic rings. The van der Waals surface area contributed by atoms with E-state index >= 15 is 0 Å². The summed E-state index contributed by atoms with van der Waals surface area (Å²) in [5, 5.41) is 14.8. The van der Waals surface area contributed by atoms with Gasteiger partial charge in [0.05, 0.1) is 5.52 Å². The lowest BCUT2D eigenvalue weighted by atomic mass is 10.1. The minimum atomic E-state index is 0.176. The van der Waals surface area contributed by atoms with Crippen LogP contribution >= 0.6 is 0 Å². The molecule has 0 unspecified atom stereocenters. The molecule has 80 valence electrons. The van der Waals surface area contributed by atoms with Crippen LogP contribution in [0.25, 0.3) is 10.9 Å². The highest BCUT2D eigenvalue weighted by Crippen LogP contribution is 2.22. The second-order valence-corrected chi connectivity index (χ2v) is 3.71. The molecule has 2 rings (SSSR count). The van der Waals surface area contributed by atoms with Crippen molar-refractivity contribution >= 4 is 10.9 Å². The average molecular weight is 204 g/mol. The van der Waals surface area contributed by atoms with Crippen molar-refractivity contribution in [3.63, 3.8) is 0 Å². The molecule has 0 saturated heterocycles. The summed E-state index contributed by atoms with van der Waals surface area (Å²) < 4.78 is 1.98. The van der Waals surface area contributed by atoms with Gasteiger partial charge in [-0.3, -0.25) is 4.68 Å². The lowest BCUT2D eigenvalue weighted by molar-refractivity contribution is 0.296. The molecule has 0 aliphatic carbocycles. The topological polar surface area (TPSA) is 38.0 Å². The second kappa shape index (κ2) is 4.03. The highest BCUT2D eigenvalue weighted by atomic mass is 16.3. The van der Waals surface area contributed by atoms with Gasteiger partial charge in [-0.1, -0.05) is 12.1 Å². The number of aromatic nitrogens is 2. The first-order valence-electron chi connectivity index (χ1n) is 5.33. The molecule has 0 bridgehead atoms. The minimum Gasteiger partial charge on any atom is -0.396 e. The number of aliphatic hydroxyl groups is 1. The zero-order chi connectivity index (χ0) is 10.8. The van der Waals surface area contributed by atoms with E-state index in [0.29, 0.717) is 6.42 Å². The molecule has 1 N–H and O–H groups in total. The first-order valence-corrected chi connectivity index (χ1v) is 5.33. The monoisotopic (exact) mass is 204 g/mol. The summed E-state index contributed by atoms with van der Waals surface area (Å²) in [6.07, 6.45) is 0.676. The Balaban J connectivity index is 2.70. The third kappa shape index (κ3) is 1.63. The Morgan fingerprint density at radius 2 is 2.20 bits per heavy atom. The molecule has 0 radical (unpaired) electrons. The van der Waals surface area contributed by atoms with E-state index in [0.717, 1.165) is 17.8 Å². The molecular formula is C12H16N2O. The molecule has 0 fully saturated rings. The van der Waals surface area contributed by atoms with Gasteiger partial charge in [0.2, 0.25) is 0 Å². The summed E-state index contributed by atoms with van der Waals surface area (Å²) in [6, 6.07) is 6.13. The van der Waals surface area contributed by atoms with E-state index in [-0.39, 0.29) is 6.61 Å². The average Bonchev–Trinajstić information content (AvgIpc) is 2.58. The van der Waals surface area contributed by atoms with Gasteiger partial charge in [-0.2, -0.15) is 5.10 Å². The third-order valence-electron chi connectivity index (χ3n) is 2.73. The van der Waals surface area contributed by atoms with Gasteiger partial charge in [-0.05, 0) is 25.5 Å². The third-order valence-corrected chi connectivity index (χ3v) is 2.73. The van der Waals surface area contributed by atoms with Gasteiger partial charge in [0.15, 0.2) is 0 Å². The van der Waals surface area contributed by atoms with Gasteiger partial charge >= 0.3 is 0 Å². The molecule has 1 heterocycles. The summed E-state index contributed by atoms with van der Waals surface area (Å²) in [5.74, 6) is 0. The van der Waals surface area contributed by atoms with Crippen LogP contribution in [0.4, 0.5) is 0 Å². The Bertz CT molecular complexity index is 474. The molecule has 1 aromatic carbocycles. The number of fused-ring (bicyclic) bond motifs is 1. The summed E-state index contributed by atoms with van der Waals surface area (Å²) in [6.45, 7) is 5.19. The Morgan fingerprint density at radius 1 is 1.40 bits per heavy atom. The van der Waals surface area contributed by atoms with Crippen LogP contribution in [0.2, 0.25) is 0 Å². The zero-order valence-electron chi connectivity index (χ0n) is 9.20. The van der Waals surface area contributed by atoms with E-state index < -0.39 is 0 Å². The van der Waals surface area contributed by atoms with E-state index in [9.17, 15) is 0 Å². The van der Waals surface area contributed by atoms with Crippen LogP contribution in [0, 0.1) is 6.92 Å². The van der Waals surface area contributed by atoms with Gasteiger partial charge in [0.1, 0.15) is 0 Å². The molecule has 3 nitrogen and oxygen atoms in total. The van der Waals surface area contributed by atoms with Crippen LogP contribution in [0.15, 0.2) is 18.2 Å². The molecule has 15 heavy (non-hydrogen) atoms. The number of hydrogen-bond acceptors (Lipinski definition) is 2.